The number of ketones is 1. The average Bonchev–Trinajstić information content (AvgIpc) is 2.35. The highest BCUT2D eigenvalue weighted by Gasteiger charge is 2.42. The van der Waals surface area contributed by atoms with Crippen LogP contribution in [0.15, 0.2) is 12.7 Å². The molecule has 0 saturated heterocycles. The third kappa shape index (κ3) is 2.44. The first-order valence-electron chi connectivity index (χ1n) is 4.76. The first kappa shape index (κ1) is 11.0. The Morgan fingerprint density at radius 2 is 2.36 bits per heavy atom. The number of carbonyl (C=O) groups excluding carboxylic acids is 2. The molecule has 0 radical (unpaired) electrons. The fraction of sp³-hybridized carbons (Fsp3) is 0.636. The Kier molecular flexibility index (Phi) is 3.09. The van der Waals surface area contributed by atoms with Gasteiger partial charge in [0.2, 0.25) is 0 Å². The van der Waals surface area contributed by atoms with Crippen molar-refractivity contribution in [3.63, 3.8) is 0 Å². The van der Waals surface area contributed by atoms with E-state index in [1.54, 1.807) is 0 Å². The summed E-state index contributed by atoms with van der Waals surface area (Å²) in [5, 5.41) is 0. The van der Waals surface area contributed by atoms with Crippen LogP contribution in [0.3, 0.4) is 0 Å². The lowest BCUT2D eigenvalue weighted by Crippen LogP contribution is -2.21. The fourth-order valence-corrected chi connectivity index (χ4v) is 1.79. The zero-order valence-corrected chi connectivity index (χ0v) is 8.71. The van der Waals surface area contributed by atoms with E-state index in [4.69, 9.17) is 4.74 Å². The summed E-state index contributed by atoms with van der Waals surface area (Å²) in [6.45, 7) is 7.61. The third-order valence-electron chi connectivity index (χ3n) is 2.43. The normalized spacial score (nSPS) is 24.7. The second-order valence-corrected chi connectivity index (χ2v) is 4.48. The number of hydrogen-bond acceptors (Lipinski definition) is 3. The fourth-order valence-electron chi connectivity index (χ4n) is 1.79. The molecule has 0 amide bonds. The Morgan fingerprint density at radius 1 is 1.71 bits per heavy atom. The molecule has 0 bridgehead atoms. The van der Waals surface area contributed by atoms with E-state index in [2.05, 4.69) is 6.58 Å². The largest absolute Gasteiger partial charge is 0.461 e. The molecule has 3 nitrogen and oxygen atoms in total. The van der Waals surface area contributed by atoms with Gasteiger partial charge >= 0.3 is 5.97 Å². The smallest absolute Gasteiger partial charge is 0.316 e. The molecule has 0 aliphatic heterocycles. The highest BCUT2D eigenvalue weighted by Crippen LogP contribution is 2.38. The monoisotopic (exact) mass is 196 g/mol. The molecule has 0 N–H and O–H groups in total. The van der Waals surface area contributed by atoms with Crippen LogP contribution < -0.4 is 0 Å². The first-order chi connectivity index (χ1) is 6.46. The van der Waals surface area contributed by atoms with Crippen LogP contribution in [0.5, 0.6) is 0 Å². The zero-order chi connectivity index (χ0) is 10.8. The number of esters is 1. The Balaban J connectivity index is 2.57. The van der Waals surface area contributed by atoms with Crippen molar-refractivity contribution >= 4 is 11.8 Å². The maximum atomic E-state index is 11.5. The Hall–Kier alpha value is -1.12. The van der Waals surface area contributed by atoms with Crippen LogP contribution in [-0.2, 0) is 14.3 Å². The van der Waals surface area contributed by atoms with Gasteiger partial charge in [-0.2, -0.15) is 0 Å². The minimum atomic E-state index is -0.551. The molecule has 0 aromatic rings. The van der Waals surface area contributed by atoms with Crippen LogP contribution in [-0.4, -0.2) is 18.4 Å². The van der Waals surface area contributed by atoms with Gasteiger partial charge in [0.05, 0.1) is 0 Å². The summed E-state index contributed by atoms with van der Waals surface area (Å²) >= 11 is 0. The van der Waals surface area contributed by atoms with E-state index in [1.165, 1.54) is 6.08 Å². The Morgan fingerprint density at radius 3 is 2.79 bits per heavy atom. The van der Waals surface area contributed by atoms with Gasteiger partial charge in [-0.05, 0) is 11.8 Å². The third-order valence-corrected chi connectivity index (χ3v) is 2.43. The van der Waals surface area contributed by atoms with Crippen molar-refractivity contribution in [2.45, 2.75) is 26.7 Å². The molecule has 78 valence electrons. The molecule has 1 unspecified atom stereocenters. The molecule has 1 aliphatic carbocycles. The van der Waals surface area contributed by atoms with E-state index in [0.29, 0.717) is 12.8 Å². The van der Waals surface area contributed by atoms with Crippen molar-refractivity contribution < 1.29 is 14.3 Å². The summed E-state index contributed by atoms with van der Waals surface area (Å²) in [7, 11) is 0. The molecule has 0 heterocycles. The van der Waals surface area contributed by atoms with Crippen LogP contribution in [0.4, 0.5) is 0 Å². The Labute approximate surface area is 84.1 Å². The van der Waals surface area contributed by atoms with Crippen LogP contribution in [0.25, 0.3) is 0 Å². The zero-order valence-electron chi connectivity index (χ0n) is 8.71. The lowest BCUT2D eigenvalue weighted by Gasteiger charge is -2.14. The maximum Gasteiger partial charge on any atom is 0.316 e. The number of hydrogen-bond donors (Lipinski definition) is 0. The number of Topliss-reactive ketones (excluding diaryl/α,β-unsaturated/α-hetero) is 1. The van der Waals surface area contributed by atoms with Crippen molar-refractivity contribution in [3.8, 4) is 0 Å². The summed E-state index contributed by atoms with van der Waals surface area (Å²) < 4.78 is 4.86. The molecule has 3 heteroatoms. The minimum absolute atomic E-state index is 0.00376. The number of rotatable bonds is 3. The molecule has 1 saturated carbocycles. The lowest BCUT2D eigenvalue weighted by atomic mass is 9.91. The highest BCUT2D eigenvalue weighted by atomic mass is 16.5. The van der Waals surface area contributed by atoms with Crippen molar-refractivity contribution in [2.24, 2.45) is 11.3 Å². The van der Waals surface area contributed by atoms with Gasteiger partial charge in [-0.1, -0.05) is 26.5 Å². The van der Waals surface area contributed by atoms with Gasteiger partial charge in [-0.3, -0.25) is 9.59 Å². The van der Waals surface area contributed by atoms with Gasteiger partial charge in [0.1, 0.15) is 18.3 Å². The van der Waals surface area contributed by atoms with Crippen molar-refractivity contribution in [2.75, 3.05) is 6.61 Å². The molecule has 1 aliphatic rings. The van der Waals surface area contributed by atoms with Crippen LogP contribution in [0.1, 0.15) is 26.7 Å². The lowest BCUT2D eigenvalue weighted by molar-refractivity contribution is -0.149. The van der Waals surface area contributed by atoms with Crippen molar-refractivity contribution in [3.05, 3.63) is 12.7 Å². The predicted octanol–water partition coefficient (Wildman–Crippen LogP) is 1.72. The van der Waals surface area contributed by atoms with Gasteiger partial charge in [0.15, 0.2) is 0 Å². The van der Waals surface area contributed by atoms with Gasteiger partial charge < -0.3 is 4.74 Å². The second-order valence-electron chi connectivity index (χ2n) is 4.48. The summed E-state index contributed by atoms with van der Waals surface area (Å²) in [4.78, 5) is 22.9. The van der Waals surface area contributed by atoms with Crippen molar-refractivity contribution in [1.82, 2.24) is 0 Å². The van der Waals surface area contributed by atoms with Crippen LogP contribution in [0, 0.1) is 11.3 Å². The molecule has 0 aromatic heterocycles. The Bertz CT molecular complexity index is 266. The maximum absolute atomic E-state index is 11.5. The van der Waals surface area contributed by atoms with Crippen LogP contribution >= 0.6 is 0 Å². The van der Waals surface area contributed by atoms with E-state index < -0.39 is 11.9 Å². The second kappa shape index (κ2) is 3.95. The molecule has 1 fully saturated rings. The number of carbonyl (C=O) groups is 2. The molecule has 14 heavy (non-hydrogen) atoms. The van der Waals surface area contributed by atoms with Gasteiger partial charge in [-0.25, -0.2) is 0 Å². The molecule has 0 spiro atoms. The molecule has 0 aromatic carbocycles. The average molecular weight is 196 g/mol. The molecule has 1 atom stereocenters. The first-order valence-corrected chi connectivity index (χ1v) is 4.76. The van der Waals surface area contributed by atoms with E-state index in [9.17, 15) is 9.59 Å². The standard InChI is InChI=1S/C11H16O3/c1-4-5-14-10(13)8-6-11(2,3)7-9(8)12/h4,8H,1,5-7H2,2-3H3. The van der Waals surface area contributed by atoms with E-state index in [-0.39, 0.29) is 17.8 Å². The predicted molar refractivity (Wildman–Crippen MR) is 52.7 cm³/mol. The SMILES string of the molecule is C=CCOC(=O)C1CC(C)(C)CC1=O. The van der Waals surface area contributed by atoms with E-state index in [0.717, 1.165) is 0 Å². The minimum Gasteiger partial charge on any atom is -0.461 e. The van der Waals surface area contributed by atoms with Gasteiger partial charge in [0, 0.05) is 6.42 Å². The van der Waals surface area contributed by atoms with E-state index >= 15 is 0 Å². The highest BCUT2D eigenvalue weighted by molar-refractivity contribution is 6.01. The number of ether oxygens (including phenoxy) is 1. The summed E-state index contributed by atoms with van der Waals surface area (Å²) in [5.41, 5.74) is -0.0606. The quantitative estimate of drug-likeness (QED) is 0.392. The van der Waals surface area contributed by atoms with Crippen LogP contribution in [0.2, 0.25) is 0 Å². The summed E-state index contributed by atoms with van der Waals surface area (Å²) in [6, 6.07) is 0. The summed E-state index contributed by atoms with van der Waals surface area (Å²) in [5.74, 6) is -0.950. The van der Waals surface area contributed by atoms with E-state index in [1.807, 2.05) is 13.8 Å². The van der Waals surface area contributed by atoms with Gasteiger partial charge in [-0.15, -0.1) is 0 Å². The molecule has 1 rings (SSSR count). The van der Waals surface area contributed by atoms with Gasteiger partial charge in [0.25, 0.3) is 0 Å². The summed E-state index contributed by atoms with van der Waals surface area (Å²) in [6.07, 6.45) is 2.57. The van der Waals surface area contributed by atoms with Crippen molar-refractivity contribution in [1.29, 1.82) is 0 Å². The topological polar surface area (TPSA) is 43.4 Å². The molecular weight excluding hydrogens is 180 g/mol. The molecular formula is C11H16O3.